The van der Waals surface area contributed by atoms with E-state index >= 15 is 0 Å². The van der Waals surface area contributed by atoms with E-state index in [2.05, 4.69) is 50.4 Å². The Bertz CT molecular complexity index is 509. The molecule has 0 saturated heterocycles. The van der Waals surface area contributed by atoms with Crippen LogP contribution in [0.5, 0.6) is 0 Å². The van der Waals surface area contributed by atoms with E-state index in [-0.39, 0.29) is 0 Å². The maximum absolute atomic E-state index is 3.99. The van der Waals surface area contributed by atoms with E-state index in [9.17, 15) is 0 Å². The van der Waals surface area contributed by atoms with Gasteiger partial charge in [-0.25, -0.2) is 0 Å². The molecule has 3 rings (SSSR count). The summed E-state index contributed by atoms with van der Waals surface area (Å²) in [5.41, 5.74) is 3.03. The fourth-order valence-corrected chi connectivity index (χ4v) is 4.96. The summed E-state index contributed by atoms with van der Waals surface area (Å²) in [6.45, 7) is 7.36. The molecule has 2 aliphatic carbocycles. The normalized spacial score (nSPS) is 35.0. The van der Waals surface area contributed by atoms with Gasteiger partial charge in [0, 0.05) is 11.7 Å². The highest BCUT2D eigenvalue weighted by Gasteiger charge is 2.27. The van der Waals surface area contributed by atoms with Crippen LogP contribution in [-0.2, 0) is 0 Å². The van der Waals surface area contributed by atoms with Crippen LogP contribution in [0.4, 0.5) is 5.69 Å². The first-order chi connectivity index (χ1) is 11.6. The minimum Gasteiger partial charge on any atom is -0.382 e. The van der Waals surface area contributed by atoms with Gasteiger partial charge in [0.2, 0.25) is 0 Å². The van der Waals surface area contributed by atoms with Crippen molar-refractivity contribution in [2.75, 3.05) is 5.32 Å². The van der Waals surface area contributed by atoms with Gasteiger partial charge in [-0.1, -0.05) is 71.1 Å². The Hall–Kier alpha value is -0.980. The van der Waals surface area contributed by atoms with E-state index in [4.69, 9.17) is 0 Å². The number of anilines is 1. The fraction of sp³-hybridized carbons (Fsp3) is 0.739. The summed E-state index contributed by atoms with van der Waals surface area (Å²) < 4.78 is 0. The molecule has 1 aromatic rings. The Kier molecular flexibility index (Phi) is 6.25. The van der Waals surface area contributed by atoms with Crippen LogP contribution in [0.2, 0.25) is 0 Å². The van der Waals surface area contributed by atoms with Crippen molar-refractivity contribution in [2.24, 2.45) is 17.8 Å². The summed E-state index contributed by atoms with van der Waals surface area (Å²) in [6.07, 6.45) is 12.5. The van der Waals surface area contributed by atoms with Gasteiger partial charge >= 0.3 is 0 Å². The van der Waals surface area contributed by atoms with Gasteiger partial charge in [-0.05, 0) is 61.0 Å². The highest BCUT2D eigenvalue weighted by molar-refractivity contribution is 5.54. The number of nitrogens with one attached hydrogen (secondary N) is 1. The minimum atomic E-state index is 0.661. The second-order valence-corrected chi connectivity index (χ2v) is 8.80. The van der Waals surface area contributed by atoms with Gasteiger partial charge < -0.3 is 5.32 Å². The molecule has 0 amide bonds. The lowest BCUT2D eigenvalue weighted by Crippen LogP contribution is -2.27. The molecule has 2 saturated carbocycles. The average Bonchev–Trinajstić information content (AvgIpc) is 2.88. The lowest BCUT2D eigenvalue weighted by atomic mass is 9.82. The number of hydrogen-bond acceptors (Lipinski definition) is 1. The molecule has 0 aliphatic heterocycles. The summed E-state index contributed by atoms with van der Waals surface area (Å²) in [6, 6.07) is 9.87. The van der Waals surface area contributed by atoms with Gasteiger partial charge in [-0.2, -0.15) is 0 Å². The number of rotatable bonds is 3. The van der Waals surface area contributed by atoms with E-state index < -0.39 is 0 Å². The van der Waals surface area contributed by atoms with Crippen molar-refractivity contribution in [1.82, 2.24) is 0 Å². The molecular formula is C23H37N. The van der Waals surface area contributed by atoms with Crippen LogP contribution in [0.25, 0.3) is 0 Å². The summed E-state index contributed by atoms with van der Waals surface area (Å²) in [5, 5.41) is 3.99. The Balaban J connectivity index is 1.79. The first-order valence-corrected chi connectivity index (χ1v) is 10.5. The van der Waals surface area contributed by atoms with Crippen LogP contribution < -0.4 is 5.32 Å². The minimum absolute atomic E-state index is 0.661. The first-order valence-electron chi connectivity index (χ1n) is 10.5. The van der Waals surface area contributed by atoms with Crippen LogP contribution in [0.3, 0.4) is 0 Å². The highest BCUT2D eigenvalue weighted by atomic mass is 14.9. The Morgan fingerprint density at radius 1 is 0.750 bits per heavy atom. The van der Waals surface area contributed by atoms with Crippen LogP contribution in [-0.4, -0.2) is 6.04 Å². The molecule has 1 nitrogen and oxygen atoms in total. The average molecular weight is 328 g/mol. The maximum atomic E-state index is 3.99. The van der Waals surface area contributed by atoms with Gasteiger partial charge in [-0.3, -0.25) is 0 Å². The van der Waals surface area contributed by atoms with E-state index in [1.54, 1.807) is 5.56 Å². The number of para-hydroxylation sites is 1. The molecule has 0 bridgehead atoms. The third-order valence-electron chi connectivity index (χ3n) is 6.83. The molecule has 1 N–H and O–H groups in total. The SMILES string of the molecule is CC1CCC(C)C(c2ccccc2NC2CCCCCC2C)CC1. The second-order valence-electron chi connectivity index (χ2n) is 8.80. The van der Waals surface area contributed by atoms with Gasteiger partial charge in [-0.15, -0.1) is 0 Å². The Morgan fingerprint density at radius 2 is 1.50 bits per heavy atom. The molecule has 0 aromatic heterocycles. The molecule has 0 spiro atoms. The first kappa shape index (κ1) is 17.8. The largest absolute Gasteiger partial charge is 0.382 e. The molecule has 1 heteroatoms. The number of benzene rings is 1. The van der Waals surface area contributed by atoms with Crippen molar-refractivity contribution in [3.05, 3.63) is 29.8 Å². The molecule has 0 heterocycles. The number of hydrogen-bond donors (Lipinski definition) is 1. The van der Waals surface area contributed by atoms with Crippen molar-refractivity contribution < 1.29 is 0 Å². The van der Waals surface area contributed by atoms with Gasteiger partial charge in [0.05, 0.1) is 0 Å². The maximum Gasteiger partial charge on any atom is 0.0377 e. The zero-order valence-corrected chi connectivity index (χ0v) is 16.1. The van der Waals surface area contributed by atoms with Crippen molar-refractivity contribution in [3.8, 4) is 0 Å². The predicted octanol–water partition coefficient (Wildman–Crippen LogP) is 7.00. The molecule has 134 valence electrons. The monoisotopic (exact) mass is 327 g/mol. The van der Waals surface area contributed by atoms with Crippen molar-refractivity contribution >= 4 is 5.69 Å². The third kappa shape index (κ3) is 4.35. The quantitative estimate of drug-likeness (QED) is 0.589. The van der Waals surface area contributed by atoms with Crippen LogP contribution in [0, 0.1) is 17.8 Å². The predicted molar refractivity (Wildman–Crippen MR) is 106 cm³/mol. The fourth-order valence-electron chi connectivity index (χ4n) is 4.96. The highest BCUT2D eigenvalue weighted by Crippen LogP contribution is 2.41. The van der Waals surface area contributed by atoms with E-state index in [1.165, 1.54) is 63.5 Å². The topological polar surface area (TPSA) is 12.0 Å². The third-order valence-corrected chi connectivity index (χ3v) is 6.83. The molecule has 24 heavy (non-hydrogen) atoms. The molecule has 1 aromatic carbocycles. The second kappa shape index (κ2) is 8.41. The van der Waals surface area contributed by atoms with Crippen molar-refractivity contribution in [1.29, 1.82) is 0 Å². The van der Waals surface area contributed by atoms with Gasteiger partial charge in [0.25, 0.3) is 0 Å². The van der Waals surface area contributed by atoms with Crippen molar-refractivity contribution in [3.63, 3.8) is 0 Å². The molecule has 2 aliphatic rings. The zero-order valence-electron chi connectivity index (χ0n) is 16.1. The molecular weight excluding hydrogens is 290 g/mol. The zero-order chi connectivity index (χ0) is 16.9. The lowest BCUT2D eigenvalue weighted by molar-refractivity contribution is 0.430. The van der Waals surface area contributed by atoms with Crippen molar-refractivity contribution in [2.45, 2.75) is 90.5 Å². The smallest absolute Gasteiger partial charge is 0.0377 e. The Labute approximate surface area is 149 Å². The van der Waals surface area contributed by atoms with E-state index in [0.717, 1.165) is 23.7 Å². The summed E-state index contributed by atoms with van der Waals surface area (Å²) in [5.74, 6) is 3.25. The summed E-state index contributed by atoms with van der Waals surface area (Å²) >= 11 is 0. The summed E-state index contributed by atoms with van der Waals surface area (Å²) in [4.78, 5) is 0. The van der Waals surface area contributed by atoms with E-state index in [1.807, 2.05) is 0 Å². The lowest BCUT2D eigenvalue weighted by Gasteiger charge is -2.29. The van der Waals surface area contributed by atoms with Gasteiger partial charge in [0.1, 0.15) is 0 Å². The van der Waals surface area contributed by atoms with Gasteiger partial charge in [0.15, 0.2) is 0 Å². The van der Waals surface area contributed by atoms with E-state index in [0.29, 0.717) is 6.04 Å². The molecule has 5 atom stereocenters. The summed E-state index contributed by atoms with van der Waals surface area (Å²) in [7, 11) is 0. The molecule has 5 unspecified atom stereocenters. The molecule has 2 fully saturated rings. The van der Waals surface area contributed by atoms with Crippen LogP contribution in [0.1, 0.15) is 90.0 Å². The van der Waals surface area contributed by atoms with Crippen LogP contribution in [0.15, 0.2) is 24.3 Å². The van der Waals surface area contributed by atoms with Crippen LogP contribution >= 0.6 is 0 Å². The standard InChI is InChI=1S/C23H37N/c1-17-13-15-18(2)20(16-14-17)21-10-7-8-12-23(21)24-22-11-6-4-5-9-19(22)3/h7-8,10,12,17-20,22,24H,4-6,9,11,13-16H2,1-3H3. The molecule has 0 radical (unpaired) electrons. The Morgan fingerprint density at radius 3 is 2.38 bits per heavy atom.